The first kappa shape index (κ1) is 22.4. The highest BCUT2D eigenvalue weighted by Gasteiger charge is 2.32. The molecule has 32 heavy (non-hydrogen) atoms. The van der Waals surface area contributed by atoms with Gasteiger partial charge in [0.1, 0.15) is 6.61 Å². The molecule has 0 saturated carbocycles. The molecule has 0 saturated heterocycles. The average molecular weight is 437 g/mol. The van der Waals surface area contributed by atoms with Gasteiger partial charge in [-0.3, -0.25) is 9.48 Å². The second kappa shape index (κ2) is 8.62. The number of aliphatic hydroxyl groups is 1. The van der Waals surface area contributed by atoms with Crippen LogP contribution >= 0.6 is 0 Å². The van der Waals surface area contributed by atoms with E-state index in [1.54, 1.807) is 0 Å². The van der Waals surface area contributed by atoms with Gasteiger partial charge in [-0.15, -0.1) is 0 Å². The summed E-state index contributed by atoms with van der Waals surface area (Å²) in [7, 11) is 1.99. The molecule has 2 heterocycles. The maximum atomic E-state index is 11.4. The molecule has 2 aromatic heterocycles. The van der Waals surface area contributed by atoms with Crippen LogP contribution in [0.25, 0.3) is 23.0 Å². The van der Waals surface area contributed by atoms with Crippen molar-refractivity contribution in [3.63, 3.8) is 0 Å². The summed E-state index contributed by atoms with van der Waals surface area (Å²) >= 11 is 0. The van der Waals surface area contributed by atoms with E-state index in [9.17, 15) is 4.79 Å². The van der Waals surface area contributed by atoms with Gasteiger partial charge in [-0.25, -0.2) is 0 Å². The third-order valence-electron chi connectivity index (χ3n) is 6.61. The molecule has 0 unspecified atom stereocenters. The SMILES string of the molecule is Cc1cc(-c2noc(-c3nn(C)c4c3CCC(C)(C)C4)n2)cc(C)c1CCCC(=O)CO. The van der Waals surface area contributed by atoms with E-state index in [0.29, 0.717) is 18.1 Å². The molecule has 0 radical (unpaired) electrons. The minimum absolute atomic E-state index is 0.114. The minimum atomic E-state index is -0.381. The van der Waals surface area contributed by atoms with E-state index in [1.165, 1.54) is 16.8 Å². The Bertz CT molecular complexity index is 1130. The second-order valence-electron chi connectivity index (χ2n) is 9.80. The van der Waals surface area contributed by atoms with E-state index in [1.807, 2.05) is 11.7 Å². The Morgan fingerprint density at radius 1 is 1.25 bits per heavy atom. The number of hydrogen-bond acceptors (Lipinski definition) is 6. The van der Waals surface area contributed by atoms with Crippen LogP contribution in [0.15, 0.2) is 16.7 Å². The largest absolute Gasteiger partial charge is 0.389 e. The zero-order chi connectivity index (χ0) is 23.0. The van der Waals surface area contributed by atoms with E-state index in [0.717, 1.165) is 54.5 Å². The van der Waals surface area contributed by atoms with Gasteiger partial charge >= 0.3 is 0 Å². The highest BCUT2D eigenvalue weighted by Crippen LogP contribution is 2.38. The van der Waals surface area contributed by atoms with Crippen LogP contribution in [0.1, 0.15) is 61.1 Å². The Morgan fingerprint density at radius 3 is 2.66 bits per heavy atom. The summed E-state index contributed by atoms with van der Waals surface area (Å²) in [6.07, 6.45) is 5.01. The molecule has 1 N–H and O–H groups in total. The third-order valence-corrected chi connectivity index (χ3v) is 6.61. The highest BCUT2D eigenvalue weighted by atomic mass is 16.5. The molecule has 7 heteroatoms. The molecule has 0 atom stereocenters. The molecule has 1 aromatic carbocycles. The number of carbonyl (C=O) groups is 1. The second-order valence-corrected chi connectivity index (χ2v) is 9.80. The Morgan fingerprint density at radius 2 is 1.97 bits per heavy atom. The van der Waals surface area contributed by atoms with Gasteiger partial charge in [0.25, 0.3) is 5.89 Å². The fourth-order valence-corrected chi connectivity index (χ4v) is 4.76. The van der Waals surface area contributed by atoms with Gasteiger partial charge in [-0.2, -0.15) is 10.1 Å². The number of Topliss-reactive ketones (excluding diaryl/α,β-unsaturated/α-hetero) is 1. The molecule has 0 spiro atoms. The van der Waals surface area contributed by atoms with E-state index in [-0.39, 0.29) is 17.8 Å². The Kier molecular flexibility index (Phi) is 6.03. The van der Waals surface area contributed by atoms with Gasteiger partial charge in [0, 0.05) is 30.3 Å². The molecule has 170 valence electrons. The van der Waals surface area contributed by atoms with Gasteiger partial charge in [0.15, 0.2) is 11.5 Å². The molecule has 0 fully saturated rings. The lowest BCUT2D eigenvalue weighted by Gasteiger charge is -2.29. The van der Waals surface area contributed by atoms with Crippen LogP contribution in [0.5, 0.6) is 0 Å². The van der Waals surface area contributed by atoms with Gasteiger partial charge in [-0.1, -0.05) is 19.0 Å². The smallest absolute Gasteiger partial charge is 0.279 e. The van der Waals surface area contributed by atoms with E-state index in [2.05, 4.69) is 45.0 Å². The summed E-state index contributed by atoms with van der Waals surface area (Å²) in [4.78, 5) is 16.1. The zero-order valence-electron chi connectivity index (χ0n) is 19.7. The number of ketones is 1. The fourth-order valence-electron chi connectivity index (χ4n) is 4.76. The fraction of sp³-hybridized carbons (Fsp3) is 0.520. The Hall–Kier alpha value is -2.80. The van der Waals surface area contributed by atoms with Crippen molar-refractivity contribution in [3.05, 3.63) is 40.1 Å². The van der Waals surface area contributed by atoms with Crippen molar-refractivity contribution in [2.45, 2.75) is 66.2 Å². The predicted molar refractivity (Wildman–Crippen MR) is 122 cm³/mol. The summed E-state index contributed by atoms with van der Waals surface area (Å²) in [6, 6.07) is 4.14. The number of hydrogen-bond donors (Lipinski definition) is 1. The Balaban J connectivity index is 1.58. The maximum absolute atomic E-state index is 11.4. The van der Waals surface area contributed by atoms with Crippen molar-refractivity contribution in [1.82, 2.24) is 19.9 Å². The molecule has 1 aliphatic carbocycles. The monoisotopic (exact) mass is 436 g/mol. The lowest BCUT2D eigenvalue weighted by Crippen LogP contribution is -2.23. The topological polar surface area (TPSA) is 94.0 Å². The third kappa shape index (κ3) is 4.39. The quantitative estimate of drug-likeness (QED) is 0.598. The number of aromatic nitrogens is 4. The van der Waals surface area contributed by atoms with Gasteiger partial charge < -0.3 is 9.63 Å². The number of aliphatic hydroxyl groups excluding tert-OH is 1. The van der Waals surface area contributed by atoms with Gasteiger partial charge in [-0.05, 0) is 80.2 Å². The lowest BCUT2D eigenvalue weighted by molar-refractivity contribution is -0.121. The van der Waals surface area contributed by atoms with Crippen molar-refractivity contribution in [2.24, 2.45) is 12.5 Å². The van der Waals surface area contributed by atoms with Gasteiger partial charge in [0.05, 0.1) is 0 Å². The zero-order valence-corrected chi connectivity index (χ0v) is 19.7. The minimum Gasteiger partial charge on any atom is -0.389 e. The summed E-state index contributed by atoms with van der Waals surface area (Å²) < 4.78 is 7.61. The molecular weight excluding hydrogens is 404 g/mol. The maximum Gasteiger partial charge on any atom is 0.279 e. The standard InChI is InChI=1S/C25H32N4O3/c1-15-11-17(12-16(2)19(15)8-6-7-18(31)14-30)23-26-24(32-28-23)22-20-9-10-25(3,4)13-21(20)29(5)27-22/h11-12,30H,6-10,13-14H2,1-5H3. The van der Waals surface area contributed by atoms with Crippen molar-refractivity contribution in [1.29, 1.82) is 0 Å². The van der Waals surface area contributed by atoms with Crippen molar-refractivity contribution in [2.75, 3.05) is 6.61 Å². The molecule has 4 rings (SSSR count). The Labute approximate surface area is 188 Å². The number of fused-ring (bicyclic) bond motifs is 1. The van der Waals surface area contributed by atoms with Crippen LogP contribution in [-0.4, -0.2) is 37.4 Å². The first-order valence-electron chi connectivity index (χ1n) is 11.3. The van der Waals surface area contributed by atoms with Crippen molar-refractivity contribution >= 4 is 5.78 Å². The van der Waals surface area contributed by atoms with Gasteiger partial charge in [0.2, 0.25) is 5.82 Å². The van der Waals surface area contributed by atoms with E-state index in [4.69, 9.17) is 19.7 Å². The molecule has 7 nitrogen and oxygen atoms in total. The number of nitrogens with zero attached hydrogens (tertiary/aromatic N) is 4. The van der Waals surface area contributed by atoms with Crippen LogP contribution in [-0.2, 0) is 31.1 Å². The molecule has 3 aromatic rings. The molecular formula is C25H32N4O3. The van der Waals surface area contributed by atoms with Crippen LogP contribution < -0.4 is 0 Å². The first-order valence-corrected chi connectivity index (χ1v) is 11.3. The van der Waals surface area contributed by atoms with Crippen LogP contribution in [0.2, 0.25) is 0 Å². The molecule has 1 aliphatic rings. The highest BCUT2D eigenvalue weighted by molar-refractivity contribution is 5.79. The van der Waals surface area contributed by atoms with E-state index < -0.39 is 0 Å². The number of rotatable bonds is 7. The summed E-state index contributed by atoms with van der Waals surface area (Å²) in [5, 5.41) is 17.9. The summed E-state index contributed by atoms with van der Waals surface area (Å²) in [6.45, 7) is 8.35. The summed E-state index contributed by atoms with van der Waals surface area (Å²) in [5.41, 5.74) is 7.98. The average Bonchev–Trinajstić information content (AvgIpc) is 3.34. The van der Waals surface area contributed by atoms with Crippen LogP contribution in [0, 0.1) is 19.3 Å². The van der Waals surface area contributed by atoms with Crippen LogP contribution in [0.3, 0.4) is 0 Å². The summed E-state index contributed by atoms with van der Waals surface area (Å²) in [5.74, 6) is 0.915. The van der Waals surface area contributed by atoms with Crippen molar-refractivity contribution in [3.8, 4) is 23.0 Å². The van der Waals surface area contributed by atoms with E-state index >= 15 is 0 Å². The van der Waals surface area contributed by atoms with Crippen molar-refractivity contribution < 1.29 is 14.4 Å². The lowest BCUT2D eigenvalue weighted by atomic mass is 9.76. The normalized spacial score (nSPS) is 15.1. The first-order chi connectivity index (χ1) is 15.2. The molecule has 0 amide bonds. The van der Waals surface area contributed by atoms with Crippen LogP contribution in [0.4, 0.5) is 0 Å². The predicted octanol–water partition coefficient (Wildman–Crippen LogP) is 4.15. The molecule has 0 bridgehead atoms. The number of carbonyl (C=O) groups excluding carboxylic acids is 1. The number of aryl methyl sites for hydroxylation is 3. The molecule has 0 aliphatic heterocycles. The number of benzene rings is 1.